The van der Waals surface area contributed by atoms with E-state index in [0.29, 0.717) is 18.8 Å². The van der Waals surface area contributed by atoms with Gasteiger partial charge in [0.1, 0.15) is 0 Å². The number of hydrogen-bond donors (Lipinski definition) is 1. The minimum atomic E-state index is 0.138. The van der Waals surface area contributed by atoms with E-state index >= 15 is 0 Å². The third kappa shape index (κ3) is 5.40. The molecular weight excluding hydrogens is 310 g/mol. The Bertz CT molecular complexity index is 659. The largest absolute Gasteiger partial charge is 0.353 e. The standard InChI is InChI=1S/C21H27N3O/c1-17-15-24(16-18-7-3-2-4-8-18)14-12-20(17)23-21(25)11-10-19-9-5-6-13-22-19/h2-9,13,17,20H,10-12,14-16H2,1H3,(H,23,25). The Morgan fingerprint density at radius 2 is 2.00 bits per heavy atom. The summed E-state index contributed by atoms with van der Waals surface area (Å²) in [5.74, 6) is 0.607. The second-order valence-electron chi connectivity index (χ2n) is 6.98. The number of aromatic nitrogens is 1. The highest BCUT2D eigenvalue weighted by Gasteiger charge is 2.27. The lowest BCUT2D eigenvalue weighted by atomic mass is 9.93. The Morgan fingerprint density at radius 3 is 2.72 bits per heavy atom. The van der Waals surface area contributed by atoms with Crippen molar-refractivity contribution in [1.82, 2.24) is 15.2 Å². The Balaban J connectivity index is 1.43. The Labute approximate surface area is 150 Å². The summed E-state index contributed by atoms with van der Waals surface area (Å²) in [4.78, 5) is 19.0. The van der Waals surface area contributed by atoms with Crippen LogP contribution in [0.25, 0.3) is 0 Å². The fourth-order valence-electron chi connectivity index (χ4n) is 3.50. The summed E-state index contributed by atoms with van der Waals surface area (Å²) in [6, 6.07) is 16.7. The Kier molecular flexibility index (Phi) is 6.18. The second-order valence-corrected chi connectivity index (χ2v) is 6.98. The van der Waals surface area contributed by atoms with E-state index in [2.05, 4.69) is 52.5 Å². The van der Waals surface area contributed by atoms with Crippen molar-refractivity contribution in [2.24, 2.45) is 5.92 Å². The summed E-state index contributed by atoms with van der Waals surface area (Å²) >= 11 is 0. The molecule has 132 valence electrons. The molecule has 2 atom stereocenters. The van der Waals surface area contributed by atoms with Crippen molar-refractivity contribution in [3.8, 4) is 0 Å². The molecule has 1 aliphatic rings. The van der Waals surface area contributed by atoms with Crippen LogP contribution < -0.4 is 5.32 Å². The van der Waals surface area contributed by atoms with Gasteiger partial charge in [-0.05, 0) is 36.5 Å². The molecule has 0 radical (unpaired) electrons. The highest BCUT2D eigenvalue weighted by molar-refractivity contribution is 5.76. The predicted octanol–water partition coefficient (Wildman–Crippen LogP) is 3.04. The maximum absolute atomic E-state index is 12.3. The van der Waals surface area contributed by atoms with E-state index in [0.717, 1.165) is 31.7 Å². The van der Waals surface area contributed by atoms with Gasteiger partial charge in [-0.25, -0.2) is 0 Å². The van der Waals surface area contributed by atoms with Crippen molar-refractivity contribution in [3.05, 3.63) is 66.0 Å². The van der Waals surface area contributed by atoms with Gasteiger partial charge in [0.2, 0.25) is 5.91 Å². The number of nitrogens with zero attached hydrogens (tertiary/aromatic N) is 2. The highest BCUT2D eigenvalue weighted by Crippen LogP contribution is 2.19. The lowest BCUT2D eigenvalue weighted by Gasteiger charge is -2.37. The van der Waals surface area contributed by atoms with Gasteiger partial charge in [-0.15, -0.1) is 0 Å². The summed E-state index contributed by atoms with van der Waals surface area (Å²) in [5.41, 5.74) is 2.33. The summed E-state index contributed by atoms with van der Waals surface area (Å²) < 4.78 is 0. The first-order valence-electron chi connectivity index (χ1n) is 9.16. The van der Waals surface area contributed by atoms with E-state index in [1.165, 1.54) is 5.56 Å². The van der Waals surface area contributed by atoms with Gasteiger partial charge in [-0.2, -0.15) is 0 Å². The fourth-order valence-corrected chi connectivity index (χ4v) is 3.50. The van der Waals surface area contributed by atoms with Crippen LogP contribution in [0.15, 0.2) is 54.7 Å². The smallest absolute Gasteiger partial charge is 0.220 e. The lowest BCUT2D eigenvalue weighted by Crippen LogP contribution is -2.49. The quantitative estimate of drug-likeness (QED) is 0.881. The van der Waals surface area contributed by atoms with Crippen LogP contribution in [0.2, 0.25) is 0 Å². The average molecular weight is 337 g/mol. The molecule has 1 aliphatic heterocycles. The molecule has 4 heteroatoms. The molecule has 2 aromatic rings. The van der Waals surface area contributed by atoms with E-state index in [1.807, 2.05) is 18.2 Å². The number of pyridine rings is 1. The molecular formula is C21H27N3O. The van der Waals surface area contributed by atoms with Crippen molar-refractivity contribution in [2.75, 3.05) is 13.1 Å². The normalized spacial score (nSPS) is 21.0. The summed E-state index contributed by atoms with van der Waals surface area (Å²) in [6.07, 6.45) is 4.00. The minimum absolute atomic E-state index is 0.138. The molecule has 1 saturated heterocycles. The molecule has 1 N–H and O–H groups in total. The Hall–Kier alpha value is -2.20. The van der Waals surface area contributed by atoms with Crippen LogP contribution in [0.4, 0.5) is 0 Å². The first-order chi connectivity index (χ1) is 12.2. The van der Waals surface area contributed by atoms with Gasteiger partial charge in [0.05, 0.1) is 0 Å². The van der Waals surface area contributed by atoms with Gasteiger partial charge in [-0.3, -0.25) is 14.7 Å². The zero-order chi connectivity index (χ0) is 17.5. The van der Waals surface area contributed by atoms with Crippen LogP contribution >= 0.6 is 0 Å². The number of hydrogen-bond acceptors (Lipinski definition) is 3. The van der Waals surface area contributed by atoms with Crippen molar-refractivity contribution >= 4 is 5.91 Å². The van der Waals surface area contributed by atoms with Crippen LogP contribution in [0.3, 0.4) is 0 Å². The maximum Gasteiger partial charge on any atom is 0.220 e. The molecule has 0 saturated carbocycles. The number of benzene rings is 1. The van der Waals surface area contributed by atoms with Gasteiger partial charge in [0, 0.05) is 44.0 Å². The minimum Gasteiger partial charge on any atom is -0.353 e. The number of aryl methyl sites for hydroxylation is 1. The summed E-state index contributed by atoms with van der Waals surface area (Å²) in [7, 11) is 0. The van der Waals surface area contributed by atoms with Crippen molar-refractivity contribution in [3.63, 3.8) is 0 Å². The summed E-state index contributed by atoms with van der Waals surface area (Å²) in [6.45, 7) is 5.29. The van der Waals surface area contributed by atoms with E-state index in [1.54, 1.807) is 6.20 Å². The monoisotopic (exact) mass is 337 g/mol. The molecule has 1 aromatic heterocycles. The van der Waals surface area contributed by atoms with Crippen LogP contribution in [0, 0.1) is 5.92 Å². The van der Waals surface area contributed by atoms with Gasteiger partial charge in [0.25, 0.3) is 0 Å². The second kappa shape index (κ2) is 8.77. The molecule has 3 rings (SSSR count). The number of rotatable bonds is 6. The molecule has 1 aromatic carbocycles. The van der Waals surface area contributed by atoms with Crippen molar-refractivity contribution < 1.29 is 4.79 Å². The molecule has 0 spiro atoms. The first kappa shape index (κ1) is 17.6. The number of likely N-dealkylation sites (tertiary alicyclic amines) is 1. The number of carbonyl (C=O) groups is 1. The topological polar surface area (TPSA) is 45.2 Å². The van der Waals surface area contributed by atoms with Crippen molar-refractivity contribution in [1.29, 1.82) is 0 Å². The fraction of sp³-hybridized carbons (Fsp3) is 0.429. The molecule has 25 heavy (non-hydrogen) atoms. The molecule has 1 fully saturated rings. The predicted molar refractivity (Wildman–Crippen MR) is 100.0 cm³/mol. The summed E-state index contributed by atoms with van der Waals surface area (Å²) in [5, 5.41) is 3.23. The molecule has 0 bridgehead atoms. The maximum atomic E-state index is 12.3. The number of carbonyl (C=O) groups excluding carboxylic acids is 1. The molecule has 1 amide bonds. The Morgan fingerprint density at radius 1 is 1.20 bits per heavy atom. The van der Waals surface area contributed by atoms with Crippen LogP contribution in [-0.2, 0) is 17.8 Å². The van der Waals surface area contributed by atoms with E-state index < -0.39 is 0 Å². The zero-order valence-electron chi connectivity index (χ0n) is 14.9. The van der Waals surface area contributed by atoms with E-state index in [4.69, 9.17) is 0 Å². The van der Waals surface area contributed by atoms with Crippen molar-refractivity contribution in [2.45, 2.75) is 38.8 Å². The third-order valence-corrected chi connectivity index (χ3v) is 4.92. The zero-order valence-corrected chi connectivity index (χ0v) is 14.9. The molecule has 2 unspecified atom stereocenters. The lowest BCUT2D eigenvalue weighted by molar-refractivity contribution is -0.122. The average Bonchev–Trinajstić information content (AvgIpc) is 2.64. The van der Waals surface area contributed by atoms with Gasteiger partial charge in [0.15, 0.2) is 0 Å². The molecule has 2 heterocycles. The van der Waals surface area contributed by atoms with E-state index in [9.17, 15) is 4.79 Å². The van der Waals surface area contributed by atoms with Crippen LogP contribution in [0.5, 0.6) is 0 Å². The first-order valence-corrected chi connectivity index (χ1v) is 9.16. The van der Waals surface area contributed by atoms with Crippen LogP contribution in [0.1, 0.15) is 31.0 Å². The third-order valence-electron chi connectivity index (χ3n) is 4.92. The van der Waals surface area contributed by atoms with Gasteiger partial charge in [-0.1, -0.05) is 43.3 Å². The van der Waals surface area contributed by atoms with Gasteiger partial charge < -0.3 is 5.32 Å². The van der Waals surface area contributed by atoms with Gasteiger partial charge >= 0.3 is 0 Å². The number of nitrogens with one attached hydrogen (secondary N) is 1. The SMILES string of the molecule is CC1CN(Cc2ccccc2)CCC1NC(=O)CCc1ccccn1. The number of piperidine rings is 1. The number of amides is 1. The van der Waals surface area contributed by atoms with Crippen LogP contribution in [-0.4, -0.2) is 34.9 Å². The molecule has 4 nitrogen and oxygen atoms in total. The molecule has 0 aliphatic carbocycles. The highest BCUT2D eigenvalue weighted by atomic mass is 16.1. The van der Waals surface area contributed by atoms with E-state index in [-0.39, 0.29) is 11.9 Å².